The van der Waals surface area contributed by atoms with Gasteiger partial charge in [0, 0.05) is 26.8 Å². The number of nitrogens with zero attached hydrogens (tertiary/aromatic N) is 4. The van der Waals surface area contributed by atoms with Crippen molar-refractivity contribution >= 4 is 29.1 Å². The molecule has 0 spiro atoms. The number of aromatic nitrogens is 4. The number of rotatable bonds is 8. The van der Waals surface area contributed by atoms with Gasteiger partial charge in [0.1, 0.15) is 18.3 Å². The van der Waals surface area contributed by atoms with Crippen molar-refractivity contribution in [2.45, 2.75) is 78.0 Å². The Morgan fingerprint density at radius 1 is 1.25 bits per heavy atom. The highest BCUT2D eigenvalue weighted by molar-refractivity contribution is 5.78. The molecule has 12 heteroatoms. The van der Waals surface area contributed by atoms with Gasteiger partial charge >= 0.3 is 17.6 Å². The van der Waals surface area contributed by atoms with Crippen molar-refractivity contribution in [1.82, 2.24) is 19.1 Å². The molecule has 2 N–H and O–H groups in total. The lowest BCUT2D eigenvalue weighted by Crippen LogP contribution is -2.34. The van der Waals surface area contributed by atoms with Crippen molar-refractivity contribution in [3.8, 4) is 5.88 Å². The standard InChI is InChI=1S/C20H29N5O7/c1-6-8-24-15-16(22-19(21)23-17(15)29-5)25(20(24)28)18-14(31-11(4)27)9-13(32-18)12(7-2)30-10(3)26/h12-14,18H,6-9H2,1-5H3,(H2,21,22,23)/t12-,13-,14+,18+/m0/s1. The number of fused-ring (bicyclic) bond motifs is 1. The first kappa shape index (κ1) is 23.5. The number of aryl methyl sites for hydroxylation is 1. The second kappa shape index (κ2) is 9.55. The molecule has 0 saturated carbocycles. The Labute approximate surface area is 184 Å². The van der Waals surface area contributed by atoms with E-state index in [1.165, 1.54) is 30.1 Å². The zero-order chi connectivity index (χ0) is 23.6. The lowest BCUT2D eigenvalue weighted by molar-refractivity contribution is -0.158. The first-order valence-corrected chi connectivity index (χ1v) is 10.5. The largest absolute Gasteiger partial charge is 0.479 e. The number of ether oxygens (including phenoxy) is 4. The second-order valence-electron chi connectivity index (χ2n) is 7.57. The van der Waals surface area contributed by atoms with Crippen molar-refractivity contribution in [2.24, 2.45) is 0 Å². The quantitative estimate of drug-likeness (QED) is 0.579. The predicted octanol–water partition coefficient (Wildman–Crippen LogP) is 1.15. The van der Waals surface area contributed by atoms with Gasteiger partial charge in [-0.25, -0.2) is 9.36 Å². The normalized spacial score (nSPS) is 21.5. The summed E-state index contributed by atoms with van der Waals surface area (Å²) in [7, 11) is 1.42. The van der Waals surface area contributed by atoms with Crippen molar-refractivity contribution in [3.05, 3.63) is 10.5 Å². The van der Waals surface area contributed by atoms with Gasteiger partial charge in [-0.1, -0.05) is 13.8 Å². The maximum atomic E-state index is 13.5. The summed E-state index contributed by atoms with van der Waals surface area (Å²) in [4.78, 5) is 45.1. The molecular formula is C20H29N5O7. The fraction of sp³-hybridized carbons (Fsp3) is 0.650. The van der Waals surface area contributed by atoms with E-state index >= 15 is 0 Å². The molecule has 1 aliphatic rings. The zero-order valence-electron chi connectivity index (χ0n) is 18.9. The maximum Gasteiger partial charge on any atom is 0.332 e. The first-order chi connectivity index (χ1) is 15.2. The van der Waals surface area contributed by atoms with Crippen molar-refractivity contribution in [2.75, 3.05) is 12.8 Å². The summed E-state index contributed by atoms with van der Waals surface area (Å²) in [6.45, 7) is 6.75. The summed E-state index contributed by atoms with van der Waals surface area (Å²) >= 11 is 0. The van der Waals surface area contributed by atoms with Crippen molar-refractivity contribution in [3.63, 3.8) is 0 Å². The van der Waals surface area contributed by atoms with Gasteiger partial charge in [0.2, 0.25) is 11.8 Å². The number of carbonyl (C=O) groups is 2. The molecule has 1 saturated heterocycles. The van der Waals surface area contributed by atoms with Crippen LogP contribution in [0.4, 0.5) is 5.95 Å². The fourth-order valence-electron chi connectivity index (χ4n) is 4.05. The number of hydrogen-bond donors (Lipinski definition) is 1. The van der Waals surface area contributed by atoms with Crippen LogP contribution in [0.5, 0.6) is 5.88 Å². The summed E-state index contributed by atoms with van der Waals surface area (Å²) in [6, 6.07) is 0. The molecule has 0 radical (unpaired) electrons. The zero-order valence-corrected chi connectivity index (χ0v) is 18.9. The SMILES string of the molecule is CCCn1c(=O)n([C@@H]2O[C@H]([C@H](CC)OC(C)=O)C[C@H]2OC(C)=O)c2nc(N)nc(OC)c21. The Morgan fingerprint density at radius 3 is 2.53 bits per heavy atom. The van der Waals surface area contributed by atoms with Gasteiger partial charge in [-0.05, 0) is 12.8 Å². The van der Waals surface area contributed by atoms with Gasteiger partial charge in [-0.15, -0.1) is 0 Å². The highest BCUT2D eigenvalue weighted by Crippen LogP contribution is 2.36. The minimum absolute atomic E-state index is 0.0818. The highest BCUT2D eigenvalue weighted by atomic mass is 16.6. The van der Waals surface area contributed by atoms with E-state index in [0.29, 0.717) is 24.9 Å². The Bertz CT molecular complexity index is 1060. The van der Waals surface area contributed by atoms with Crippen LogP contribution < -0.4 is 16.2 Å². The molecule has 176 valence electrons. The second-order valence-corrected chi connectivity index (χ2v) is 7.57. The molecule has 2 aromatic heterocycles. The molecule has 2 aromatic rings. The van der Waals surface area contributed by atoms with Crippen LogP contribution in [-0.2, 0) is 30.3 Å². The summed E-state index contributed by atoms with van der Waals surface area (Å²) in [6.07, 6.45) is -1.57. The molecule has 3 rings (SSSR count). The lowest BCUT2D eigenvalue weighted by atomic mass is 10.1. The lowest BCUT2D eigenvalue weighted by Gasteiger charge is -2.22. The Balaban J connectivity index is 2.16. The number of anilines is 1. The monoisotopic (exact) mass is 451 g/mol. The third-order valence-corrected chi connectivity index (χ3v) is 5.23. The first-order valence-electron chi connectivity index (χ1n) is 10.5. The number of imidazole rings is 1. The molecule has 1 aliphatic heterocycles. The average molecular weight is 451 g/mol. The number of hydrogen-bond acceptors (Lipinski definition) is 10. The van der Waals surface area contributed by atoms with E-state index in [4.69, 9.17) is 24.7 Å². The van der Waals surface area contributed by atoms with E-state index in [1.807, 2.05) is 13.8 Å². The van der Waals surface area contributed by atoms with E-state index < -0.39 is 42.2 Å². The number of nitrogens with two attached hydrogens (primary N) is 1. The Hall–Kier alpha value is -3.15. The molecule has 0 unspecified atom stereocenters. The number of carbonyl (C=O) groups excluding carboxylic acids is 2. The van der Waals surface area contributed by atoms with E-state index in [9.17, 15) is 14.4 Å². The van der Waals surface area contributed by atoms with Gasteiger partial charge in [0.05, 0.1) is 7.11 Å². The smallest absolute Gasteiger partial charge is 0.332 e. The van der Waals surface area contributed by atoms with Crippen LogP contribution in [0.25, 0.3) is 11.2 Å². The van der Waals surface area contributed by atoms with Gasteiger partial charge in [-0.3, -0.25) is 14.2 Å². The van der Waals surface area contributed by atoms with Crippen molar-refractivity contribution < 1.29 is 28.5 Å². The molecule has 4 atom stereocenters. The van der Waals surface area contributed by atoms with Crippen molar-refractivity contribution in [1.29, 1.82) is 0 Å². The van der Waals surface area contributed by atoms with Gasteiger partial charge in [0.25, 0.3) is 0 Å². The summed E-state index contributed by atoms with van der Waals surface area (Å²) in [5, 5.41) is 0. The van der Waals surface area contributed by atoms with Crippen LogP contribution in [0, 0.1) is 0 Å². The third kappa shape index (κ3) is 4.40. The Kier molecular flexibility index (Phi) is 7.02. The number of esters is 2. The number of methoxy groups -OCH3 is 1. The highest BCUT2D eigenvalue weighted by Gasteiger charge is 2.45. The van der Waals surface area contributed by atoms with Crippen LogP contribution in [0.1, 0.15) is 53.2 Å². The predicted molar refractivity (Wildman–Crippen MR) is 113 cm³/mol. The average Bonchev–Trinajstić information content (AvgIpc) is 3.23. The van der Waals surface area contributed by atoms with Gasteiger partial charge < -0.3 is 24.7 Å². The van der Waals surface area contributed by atoms with E-state index in [1.54, 1.807) is 0 Å². The molecule has 3 heterocycles. The molecule has 1 fully saturated rings. The number of nitrogen functional groups attached to an aromatic ring is 1. The summed E-state index contributed by atoms with van der Waals surface area (Å²) in [5.41, 5.74) is 6.00. The molecule has 32 heavy (non-hydrogen) atoms. The topological polar surface area (TPSA) is 150 Å². The third-order valence-electron chi connectivity index (χ3n) is 5.23. The molecule has 12 nitrogen and oxygen atoms in total. The molecule has 0 aromatic carbocycles. The van der Waals surface area contributed by atoms with E-state index in [-0.39, 0.29) is 23.9 Å². The fourth-order valence-corrected chi connectivity index (χ4v) is 4.05. The summed E-state index contributed by atoms with van der Waals surface area (Å²) < 4.78 is 25.2. The molecular weight excluding hydrogens is 422 g/mol. The maximum absolute atomic E-state index is 13.5. The molecule has 0 amide bonds. The summed E-state index contributed by atoms with van der Waals surface area (Å²) in [5.74, 6) is -0.903. The van der Waals surface area contributed by atoms with Crippen LogP contribution in [0.15, 0.2) is 4.79 Å². The molecule has 0 aliphatic carbocycles. The van der Waals surface area contributed by atoms with Crippen LogP contribution in [-0.4, -0.2) is 56.5 Å². The van der Waals surface area contributed by atoms with Crippen LogP contribution in [0.3, 0.4) is 0 Å². The van der Waals surface area contributed by atoms with Crippen LogP contribution in [0.2, 0.25) is 0 Å². The minimum Gasteiger partial charge on any atom is -0.479 e. The van der Waals surface area contributed by atoms with Gasteiger partial charge in [-0.2, -0.15) is 9.97 Å². The van der Waals surface area contributed by atoms with E-state index in [2.05, 4.69) is 9.97 Å². The Morgan fingerprint density at radius 2 is 1.97 bits per heavy atom. The minimum atomic E-state index is -0.999. The molecule has 0 bridgehead atoms. The van der Waals surface area contributed by atoms with E-state index in [0.717, 1.165) is 0 Å². The van der Waals surface area contributed by atoms with Crippen LogP contribution >= 0.6 is 0 Å². The van der Waals surface area contributed by atoms with Gasteiger partial charge in [0.15, 0.2) is 17.4 Å².